The van der Waals surface area contributed by atoms with Gasteiger partial charge in [-0.3, -0.25) is 4.79 Å². The lowest BCUT2D eigenvalue weighted by atomic mass is 9.77. The molecule has 1 N–H and O–H groups in total. The lowest BCUT2D eigenvalue weighted by Gasteiger charge is -2.35. The Morgan fingerprint density at radius 2 is 1.67 bits per heavy atom. The van der Waals surface area contributed by atoms with Gasteiger partial charge in [0.05, 0.1) is 18.5 Å². The molecule has 0 bridgehead atoms. The number of hydrogen-bond donors (Lipinski definition) is 1. The van der Waals surface area contributed by atoms with Crippen molar-refractivity contribution in [2.75, 3.05) is 24.5 Å². The SMILES string of the molecule is Cn1ccnc1C[NH+]1CCC2(CCN(c3ccc(-c4ccccc4)cc3)C2=O)CC1. The number of piperidine rings is 1. The minimum Gasteiger partial charge on any atom is -0.333 e. The van der Waals surface area contributed by atoms with Crippen molar-refractivity contribution in [1.29, 1.82) is 0 Å². The van der Waals surface area contributed by atoms with E-state index >= 15 is 0 Å². The predicted octanol–water partition coefficient (Wildman–Crippen LogP) is 2.69. The molecule has 30 heavy (non-hydrogen) atoms. The first-order valence-electron chi connectivity index (χ1n) is 10.9. The molecule has 2 aromatic carbocycles. The number of amides is 1. The summed E-state index contributed by atoms with van der Waals surface area (Å²) in [5.41, 5.74) is 3.26. The van der Waals surface area contributed by atoms with Crippen LogP contribution in [0.4, 0.5) is 5.69 Å². The topological polar surface area (TPSA) is 42.6 Å². The number of carbonyl (C=O) groups is 1. The van der Waals surface area contributed by atoms with Gasteiger partial charge in [0.15, 0.2) is 5.82 Å². The van der Waals surface area contributed by atoms with Gasteiger partial charge in [-0.15, -0.1) is 0 Å². The van der Waals surface area contributed by atoms with Crippen molar-refractivity contribution >= 4 is 11.6 Å². The Labute approximate surface area is 178 Å². The fourth-order valence-electron chi connectivity index (χ4n) is 5.04. The van der Waals surface area contributed by atoms with Gasteiger partial charge in [-0.25, -0.2) is 4.98 Å². The second-order valence-electron chi connectivity index (χ2n) is 8.78. The highest BCUT2D eigenvalue weighted by Crippen LogP contribution is 2.41. The van der Waals surface area contributed by atoms with Crippen LogP contribution < -0.4 is 9.80 Å². The van der Waals surface area contributed by atoms with E-state index in [0.29, 0.717) is 5.91 Å². The lowest BCUT2D eigenvalue weighted by molar-refractivity contribution is -0.921. The van der Waals surface area contributed by atoms with Crippen LogP contribution in [0.15, 0.2) is 67.0 Å². The molecular weight excluding hydrogens is 372 g/mol. The molecule has 5 heteroatoms. The van der Waals surface area contributed by atoms with Crippen LogP contribution in [0.3, 0.4) is 0 Å². The molecule has 5 rings (SSSR count). The minimum absolute atomic E-state index is 0.163. The molecule has 3 heterocycles. The number of quaternary nitrogens is 1. The molecule has 2 aliphatic rings. The Morgan fingerprint density at radius 1 is 0.967 bits per heavy atom. The van der Waals surface area contributed by atoms with Crippen molar-refractivity contribution in [1.82, 2.24) is 9.55 Å². The summed E-state index contributed by atoms with van der Waals surface area (Å²) in [6.07, 6.45) is 6.79. The van der Waals surface area contributed by atoms with E-state index in [-0.39, 0.29) is 5.41 Å². The number of hydrogen-bond acceptors (Lipinski definition) is 2. The lowest BCUT2D eigenvalue weighted by Crippen LogP contribution is -3.12. The van der Waals surface area contributed by atoms with Gasteiger partial charge >= 0.3 is 0 Å². The van der Waals surface area contributed by atoms with Gasteiger partial charge in [0.2, 0.25) is 5.91 Å². The number of aryl methyl sites for hydroxylation is 1. The van der Waals surface area contributed by atoms with E-state index in [1.165, 1.54) is 16.0 Å². The van der Waals surface area contributed by atoms with Crippen molar-refractivity contribution in [3.63, 3.8) is 0 Å². The highest BCUT2D eigenvalue weighted by Gasteiger charge is 2.49. The average molecular weight is 402 g/mol. The number of likely N-dealkylation sites (tertiary alicyclic amines) is 1. The first kappa shape index (κ1) is 19.1. The summed E-state index contributed by atoms with van der Waals surface area (Å²) >= 11 is 0. The van der Waals surface area contributed by atoms with Gasteiger partial charge in [0.1, 0.15) is 6.54 Å². The van der Waals surface area contributed by atoms with Gasteiger partial charge < -0.3 is 14.4 Å². The minimum atomic E-state index is -0.163. The maximum absolute atomic E-state index is 13.4. The van der Waals surface area contributed by atoms with Crippen LogP contribution in [0.25, 0.3) is 11.1 Å². The molecule has 0 unspecified atom stereocenters. The summed E-state index contributed by atoms with van der Waals surface area (Å²) in [7, 11) is 2.05. The van der Waals surface area contributed by atoms with Gasteiger partial charge in [-0.2, -0.15) is 0 Å². The highest BCUT2D eigenvalue weighted by molar-refractivity contribution is 6.00. The van der Waals surface area contributed by atoms with Crippen molar-refractivity contribution in [3.8, 4) is 11.1 Å². The van der Waals surface area contributed by atoms with E-state index in [4.69, 9.17) is 0 Å². The van der Waals surface area contributed by atoms with Gasteiger partial charge in [-0.05, 0) is 29.7 Å². The second-order valence-corrected chi connectivity index (χ2v) is 8.78. The first-order chi connectivity index (χ1) is 14.6. The van der Waals surface area contributed by atoms with E-state index in [1.807, 2.05) is 23.4 Å². The summed E-state index contributed by atoms with van der Waals surface area (Å²) < 4.78 is 2.10. The Balaban J connectivity index is 1.25. The third-order valence-electron chi connectivity index (χ3n) is 7.04. The summed E-state index contributed by atoms with van der Waals surface area (Å²) in [5.74, 6) is 1.45. The zero-order chi connectivity index (χ0) is 20.6. The van der Waals surface area contributed by atoms with Crippen LogP contribution >= 0.6 is 0 Å². The Morgan fingerprint density at radius 3 is 2.33 bits per heavy atom. The molecule has 3 aromatic rings. The molecule has 1 spiro atoms. The van der Waals surface area contributed by atoms with Gasteiger partial charge in [-0.1, -0.05) is 42.5 Å². The molecule has 2 saturated heterocycles. The first-order valence-corrected chi connectivity index (χ1v) is 10.9. The molecule has 2 aliphatic heterocycles. The average Bonchev–Trinajstić information content (AvgIpc) is 3.34. The number of imidazole rings is 1. The second kappa shape index (κ2) is 7.73. The van der Waals surface area contributed by atoms with Crippen molar-refractivity contribution in [2.45, 2.75) is 25.8 Å². The summed E-state index contributed by atoms with van der Waals surface area (Å²) in [6.45, 7) is 3.86. The summed E-state index contributed by atoms with van der Waals surface area (Å²) in [4.78, 5) is 21.4. The van der Waals surface area contributed by atoms with E-state index in [9.17, 15) is 4.79 Å². The molecule has 0 atom stereocenters. The van der Waals surface area contributed by atoms with Crippen LogP contribution in [0.5, 0.6) is 0 Å². The van der Waals surface area contributed by atoms with Crippen LogP contribution in [0, 0.1) is 5.41 Å². The Kier molecular flexibility index (Phi) is 4.91. The third kappa shape index (κ3) is 3.43. The molecule has 5 nitrogen and oxygen atoms in total. The Bertz CT molecular complexity index is 1020. The van der Waals surface area contributed by atoms with E-state index in [1.54, 1.807) is 0 Å². The quantitative estimate of drug-likeness (QED) is 0.730. The number of anilines is 1. The number of nitrogens with zero attached hydrogens (tertiary/aromatic N) is 3. The third-order valence-corrected chi connectivity index (χ3v) is 7.04. The molecular formula is C25H29N4O+. The van der Waals surface area contributed by atoms with Crippen LogP contribution in [0.2, 0.25) is 0 Å². The zero-order valence-electron chi connectivity index (χ0n) is 17.6. The van der Waals surface area contributed by atoms with E-state index in [0.717, 1.165) is 57.0 Å². The van der Waals surface area contributed by atoms with E-state index < -0.39 is 0 Å². The molecule has 0 saturated carbocycles. The molecule has 1 aromatic heterocycles. The largest absolute Gasteiger partial charge is 0.333 e. The van der Waals surface area contributed by atoms with Crippen LogP contribution in [0.1, 0.15) is 25.1 Å². The normalized spacial score (nSPS) is 24.0. The van der Waals surface area contributed by atoms with Crippen molar-refractivity contribution in [3.05, 3.63) is 72.8 Å². The van der Waals surface area contributed by atoms with Gasteiger partial charge in [0, 0.05) is 44.5 Å². The summed E-state index contributed by atoms with van der Waals surface area (Å²) in [6, 6.07) is 18.8. The molecule has 0 radical (unpaired) electrons. The zero-order valence-corrected chi connectivity index (χ0v) is 17.6. The number of carbonyl (C=O) groups excluding carboxylic acids is 1. The monoisotopic (exact) mass is 401 g/mol. The highest BCUT2D eigenvalue weighted by atomic mass is 16.2. The van der Waals surface area contributed by atoms with E-state index in [2.05, 4.69) is 65.1 Å². The van der Waals surface area contributed by atoms with Crippen LogP contribution in [-0.4, -0.2) is 35.1 Å². The molecule has 0 aliphatic carbocycles. The molecule has 2 fully saturated rings. The van der Waals surface area contributed by atoms with Crippen LogP contribution in [-0.2, 0) is 18.4 Å². The maximum atomic E-state index is 13.4. The Hall–Kier alpha value is -2.92. The van der Waals surface area contributed by atoms with Crippen molar-refractivity contribution in [2.24, 2.45) is 12.5 Å². The molecule has 1 amide bonds. The smallest absolute Gasteiger partial charge is 0.233 e. The fraction of sp³-hybridized carbons (Fsp3) is 0.360. The number of benzene rings is 2. The summed E-state index contributed by atoms with van der Waals surface area (Å²) in [5, 5.41) is 0. The fourth-order valence-corrected chi connectivity index (χ4v) is 5.04. The standard InChI is InChI=1S/C25H28N4O/c1-27-18-14-26-23(27)19-28-15-11-25(12-16-28)13-17-29(24(25)30)22-9-7-21(8-10-22)20-5-3-2-4-6-20/h2-10,14,18H,11-13,15-17,19H2,1H3/p+1. The molecule has 154 valence electrons. The number of aromatic nitrogens is 2. The predicted molar refractivity (Wildman–Crippen MR) is 118 cm³/mol. The van der Waals surface area contributed by atoms with Gasteiger partial charge in [0.25, 0.3) is 0 Å². The maximum Gasteiger partial charge on any atom is 0.233 e. The number of nitrogens with one attached hydrogen (secondary N) is 1. The van der Waals surface area contributed by atoms with Crippen molar-refractivity contribution < 1.29 is 9.69 Å². The number of rotatable bonds is 4.